The average Bonchev–Trinajstić information content (AvgIpc) is 2.61. The van der Waals surface area contributed by atoms with Gasteiger partial charge in [0.15, 0.2) is 0 Å². The van der Waals surface area contributed by atoms with Crippen LogP contribution in [0.1, 0.15) is 15.9 Å². The van der Waals surface area contributed by atoms with Crippen LogP contribution in [0.15, 0.2) is 78.9 Å². The molecular formula is C20H16ClNO2. The van der Waals surface area contributed by atoms with E-state index in [-0.39, 0.29) is 5.91 Å². The van der Waals surface area contributed by atoms with Crippen LogP contribution in [0.2, 0.25) is 5.02 Å². The number of amides is 1. The fourth-order valence-electron chi connectivity index (χ4n) is 2.24. The molecule has 3 rings (SSSR count). The normalized spacial score (nSPS) is 10.2. The Morgan fingerprint density at radius 2 is 1.71 bits per heavy atom. The summed E-state index contributed by atoms with van der Waals surface area (Å²) < 4.78 is 5.75. The summed E-state index contributed by atoms with van der Waals surface area (Å²) in [6, 6.07) is 24.0. The minimum Gasteiger partial charge on any atom is -0.489 e. The topological polar surface area (TPSA) is 38.3 Å². The van der Waals surface area contributed by atoms with Gasteiger partial charge in [0, 0.05) is 16.3 Å². The Morgan fingerprint density at radius 1 is 0.917 bits per heavy atom. The lowest BCUT2D eigenvalue weighted by Crippen LogP contribution is -2.11. The standard InChI is InChI=1S/C20H16ClNO2/c21-17-9-5-10-18(13-17)22-20(23)16-8-4-11-19(12-16)24-14-15-6-2-1-3-7-15/h1-13H,14H2,(H,22,23). The lowest BCUT2D eigenvalue weighted by molar-refractivity contribution is 0.102. The van der Waals surface area contributed by atoms with Gasteiger partial charge in [-0.05, 0) is 42.0 Å². The van der Waals surface area contributed by atoms with E-state index in [9.17, 15) is 4.79 Å². The molecule has 0 aliphatic carbocycles. The second-order valence-corrected chi connectivity index (χ2v) is 5.70. The monoisotopic (exact) mass is 337 g/mol. The van der Waals surface area contributed by atoms with Crippen LogP contribution in [0.25, 0.3) is 0 Å². The first-order valence-electron chi connectivity index (χ1n) is 7.54. The predicted octanol–water partition coefficient (Wildman–Crippen LogP) is 5.17. The quantitative estimate of drug-likeness (QED) is 0.697. The van der Waals surface area contributed by atoms with Gasteiger partial charge < -0.3 is 10.1 Å². The molecule has 0 saturated heterocycles. The molecule has 3 aromatic carbocycles. The molecule has 0 radical (unpaired) electrons. The first-order valence-corrected chi connectivity index (χ1v) is 7.92. The van der Waals surface area contributed by atoms with Crippen LogP contribution in [0, 0.1) is 0 Å². The molecular weight excluding hydrogens is 322 g/mol. The van der Waals surface area contributed by atoms with Crippen LogP contribution < -0.4 is 10.1 Å². The van der Waals surface area contributed by atoms with E-state index >= 15 is 0 Å². The Balaban J connectivity index is 1.67. The summed E-state index contributed by atoms with van der Waals surface area (Å²) in [5, 5.41) is 3.40. The lowest BCUT2D eigenvalue weighted by atomic mass is 10.2. The highest BCUT2D eigenvalue weighted by molar-refractivity contribution is 6.30. The van der Waals surface area contributed by atoms with Crippen molar-refractivity contribution >= 4 is 23.2 Å². The number of carbonyl (C=O) groups is 1. The van der Waals surface area contributed by atoms with Gasteiger partial charge in [-0.2, -0.15) is 0 Å². The summed E-state index contributed by atoms with van der Waals surface area (Å²) in [7, 11) is 0. The van der Waals surface area contributed by atoms with Crippen molar-refractivity contribution in [2.45, 2.75) is 6.61 Å². The van der Waals surface area contributed by atoms with E-state index in [2.05, 4.69) is 5.32 Å². The van der Waals surface area contributed by atoms with Gasteiger partial charge in [-0.1, -0.05) is 54.1 Å². The van der Waals surface area contributed by atoms with Crippen LogP contribution in [0.4, 0.5) is 5.69 Å². The summed E-state index contributed by atoms with van der Waals surface area (Å²) in [5.41, 5.74) is 2.26. The molecule has 0 atom stereocenters. The van der Waals surface area contributed by atoms with Gasteiger partial charge in [-0.15, -0.1) is 0 Å². The van der Waals surface area contributed by atoms with Gasteiger partial charge in [0.25, 0.3) is 5.91 Å². The first kappa shape index (κ1) is 16.1. The molecule has 4 heteroatoms. The van der Waals surface area contributed by atoms with Gasteiger partial charge in [-0.25, -0.2) is 0 Å². The summed E-state index contributed by atoms with van der Waals surface area (Å²) in [6.07, 6.45) is 0. The van der Waals surface area contributed by atoms with E-state index in [1.807, 2.05) is 36.4 Å². The predicted molar refractivity (Wildman–Crippen MR) is 96.6 cm³/mol. The molecule has 3 nitrogen and oxygen atoms in total. The molecule has 1 amide bonds. The van der Waals surface area contributed by atoms with Crippen LogP contribution in [-0.4, -0.2) is 5.91 Å². The second-order valence-electron chi connectivity index (χ2n) is 5.27. The van der Waals surface area contributed by atoms with Crippen molar-refractivity contribution in [3.63, 3.8) is 0 Å². The highest BCUT2D eigenvalue weighted by atomic mass is 35.5. The fourth-order valence-corrected chi connectivity index (χ4v) is 2.43. The molecule has 24 heavy (non-hydrogen) atoms. The van der Waals surface area contributed by atoms with Crippen molar-refractivity contribution in [3.05, 3.63) is 95.0 Å². The number of hydrogen-bond donors (Lipinski definition) is 1. The molecule has 0 heterocycles. The van der Waals surface area contributed by atoms with Crippen LogP contribution in [0.3, 0.4) is 0 Å². The van der Waals surface area contributed by atoms with Gasteiger partial charge in [0.05, 0.1) is 0 Å². The summed E-state index contributed by atoms with van der Waals surface area (Å²) in [4.78, 5) is 12.3. The Morgan fingerprint density at radius 3 is 2.50 bits per heavy atom. The smallest absolute Gasteiger partial charge is 0.255 e. The Labute approximate surface area is 145 Å². The Kier molecular flexibility index (Phi) is 5.14. The maximum Gasteiger partial charge on any atom is 0.255 e. The van der Waals surface area contributed by atoms with Crippen molar-refractivity contribution in [1.29, 1.82) is 0 Å². The van der Waals surface area contributed by atoms with Gasteiger partial charge >= 0.3 is 0 Å². The van der Waals surface area contributed by atoms with E-state index in [0.717, 1.165) is 5.56 Å². The number of anilines is 1. The van der Waals surface area contributed by atoms with E-state index in [4.69, 9.17) is 16.3 Å². The third-order valence-corrected chi connectivity index (χ3v) is 3.66. The zero-order valence-corrected chi connectivity index (χ0v) is 13.7. The highest BCUT2D eigenvalue weighted by Crippen LogP contribution is 2.18. The fraction of sp³-hybridized carbons (Fsp3) is 0.0500. The zero-order valence-electron chi connectivity index (χ0n) is 12.9. The van der Waals surface area contributed by atoms with E-state index in [1.165, 1.54) is 0 Å². The van der Waals surface area contributed by atoms with E-state index in [0.29, 0.717) is 28.6 Å². The molecule has 0 saturated carbocycles. The van der Waals surface area contributed by atoms with Crippen molar-refractivity contribution in [2.24, 2.45) is 0 Å². The zero-order chi connectivity index (χ0) is 16.8. The maximum atomic E-state index is 12.3. The SMILES string of the molecule is O=C(Nc1cccc(Cl)c1)c1cccc(OCc2ccccc2)c1. The maximum absolute atomic E-state index is 12.3. The molecule has 0 unspecified atom stereocenters. The van der Waals surface area contributed by atoms with Crippen LogP contribution >= 0.6 is 11.6 Å². The lowest BCUT2D eigenvalue weighted by Gasteiger charge is -2.09. The van der Waals surface area contributed by atoms with Gasteiger partial charge in [0.2, 0.25) is 0 Å². The molecule has 0 aliphatic heterocycles. The first-order chi connectivity index (χ1) is 11.7. The van der Waals surface area contributed by atoms with E-state index in [1.54, 1.807) is 42.5 Å². The number of ether oxygens (including phenoxy) is 1. The van der Waals surface area contributed by atoms with Gasteiger partial charge in [0.1, 0.15) is 12.4 Å². The summed E-state index contributed by atoms with van der Waals surface area (Å²) in [5.74, 6) is 0.444. The van der Waals surface area contributed by atoms with Gasteiger partial charge in [-0.3, -0.25) is 4.79 Å². The molecule has 120 valence electrons. The number of halogens is 1. The highest BCUT2D eigenvalue weighted by Gasteiger charge is 2.08. The summed E-state index contributed by atoms with van der Waals surface area (Å²) >= 11 is 5.93. The number of benzene rings is 3. The minimum atomic E-state index is -0.206. The van der Waals surface area contributed by atoms with Crippen molar-refractivity contribution in [1.82, 2.24) is 0 Å². The van der Waals surface area contributed by atoms with Crippen molar-refractivity contribution in [3.8, 4) is 5.75 Å². The molecule has 0 bridgehead atoms. The third kappa shape index (κ3) is 4.37. The second kappa shape index (κ2) is 7.66. The number of rotatable bonds is 5. The average molecular weight is 338 g/mol. The largest absolute Gasteiger partial charge is 0.489 e. The molecule has 0 fully saturated rings. The molecule has 3 aromatic rings. The molecule has 1 N–H and O–H groups in total. The number of carbonyl (C=O) groups excluding carboxylic acids is 1. The molecule has 0 aliphatic rings. The van der Waals surface area contributed by atoms with Crippen LogP contribution in [-0.2, 0) is 6.61 Å². The molecule has 0 aromatic heterocycles. The van der Waals surface area contributed by atoms with Crippen LogP contribution in [0.5, 0.6) is 5.75 Å². The summed E-state index contributed by atoms with van der Waals surface area (Å²) in [6.45, 7) is 0.459. The Hall–Kier alpha value is -2.78. The minimum absolute atomic E-state index is 0.206. The Bertz CT molecular complexity index is 834. The number of nitrogens with one attached hydrogen (secondary N) is 1. The van der Waals surface area contributed by atoms with E-state index < -0.39 is 0 Å². The van der Waals surface area contributed by atoms with Crippen molar-refractivity contribution < 1.29 is 9.53 Å². The van der Waals surface area contributed by atoms with Crippen molar-refractivity contribution in [2.75, 3.05) is 5.32 Å². The molecule has 0 spiro atoms. The number of hydrogen-bond acceptors (Lipinski definition) is 2. The third-order valence-electron chi connectivity index (χ3n) is 3.43.